The van der Waals surface area contributed by atoms with Crippen LogP contribution in [0.15, 0.2) is 47.5 Å². The Hall–Kier alpha value is -2.23. The van der Waals surface area contributed by atoms with Crippen molar-refractivity contribution >= 4 is 5.69 Å². The van der Waals surface area contributed by atoms with Gasteiger partial charge in [0.25, 0.3) is 0 Å². The fraction of sp³-hybridized carbons (Fsp3) is 0.267. The monoisotopic (exact) mass is 256 g/mol. The third-order valence-electron chi connectivity index (χ3n) is 3.52. The number of rotatable bonds is 2. The third kappa shape index (κ3) is 2.34. The summed E-state index contributed by atoms with van der Waals surface area (Å²) in [6, 6.07) is 9.63. The van der Waals surface area contributed by atoms with Gasteiger partial charge < -0.3 is 15.0 Å². The number of hydrogen-bond donors (Lipinski definition) is 1. The van der Waals surface area contributed by atoms with Crippen molar-refractivity contribution in [2.24, 2.45) is 0 Å². The molecule has 0 amide bonds. The second kappa shape index (κ2) is 4.80. The number of para-hydroxylation sites is 1. The van der Waals surface area contributed by atoms with Crippen LogP contribution in [0, 0.1) is 0 Å². The lowest BCUT2D eigenvalue weighted by Crippen LogP contribution is -2.19. The summed E-state index contributed by atoms with van der Waals surface area (Å²) in [6.07, 6.45) is 4.47. The second-order valence-electron chi connectivity index (χ2n) is 4.83. The van der Waals surface area contributed by atoms with E-state index in [1.165, 1.54) is 11.6 Å². The lowest BCUT2D eigenvalue weighted by atomic mass is 9.93. The topological polar surface area (TPSA) is 57.2 Å². The van der Waals surface area contributed by atoms with E-state index in [0.717, 1.165) is 25.3 Å². The average Bonchev–Trinajstić information content (AvgIpc) is 2.43. The molecule has 1 aliphatic heterocycles. The van der Waals surface area contributed by atoms with Gasteiger partial charge in [0.15, 0.2) is 0 Å². The highest BCUT2D eigenvalue weighted by atomic mass is 16.5. The molecule has 2 heterocycles. The average molecular weight is 256 g/mol. The highest BCUT2D eigenvalue weighted by molar-refractivity contribution is 5.38. The number of ether oxygens (including phenoxy) is 1. The molecule has 0 fully saturated rings. The van der Waals surface area contributed by atoms with Gasteiger partial charge in [0.2, 0.25) is 5.43 Å². The van der Waals surface area contributed by atoms with Crippen LogP contribution in [0.3, 0.4) is 0 Å². The van der Waals surface area contributed by atoms with Gasteiger partial charge in [-0.15, -0.1) is 0 Å². The molecule has 2 N–H and O–H groups in total. The number of nitrogens with zero attached hydrogens (tertiary/aromatic N) is 1. The first-order valence-electron chi connectivity index (χ1n) is 6.41. The van der Waals surface area contributed by atoms with Crippen LogP contribution >= 0.6 is 0 Å². The highest BCUT2D eigenvalue weighted by Crippen LogP contribution is 2.34. The van der Waals surface area contributed by atoms with E-state index in [0.29, 0.717) is 11.6 Å². The summed E-state index contributed by atoms with van der Waals surface area (Å²) in [5, 5.41) is 0. The molecule has 1 aromatic heterocycles. The quantitative estimate of drug-likeness (QED) is 0.894. The molecule has 3 rings (SSSR count). The molecule has 0 bridgehead atoms. The SMILES string of the molecule is Nc1cn(CC2CCOc3ccccc32)ccc1=O. The van der Waals surface area contributed by atoms with Crippen LogP contribution in [0.25, 0.3) is 0 Å². The summed E-state index contributed by atoms with van der Waals surface area (Å²) in [6.45, 7) is 1.54. The molecule has 4 nitrogen and oxygen atoms in total. The number of fused-ring (bicyclic) bond motifs is 1. The number of nitrogens with two attached hydrogens (primary N) is 1. The van der Waals surface area contributed by atoms with E-state index in [-0.39, 0.29) is 5.43 Å². The third-order valence-corrected chi connectivity index (χ3v) is 3.52. The molecule has 98 valence electrons. The molecule has 2 aromatic rings. The van der Waals surface area contributed by atoms with Gasteiger partial charge >= 0.3 is 0 Å². The molecule has 0 saturated heterocycles. The van der Waals surface area contributed by atoms with Gasteiger partial charge in [0.1, 0.15) is 5.75 Å². The van der Waals surface area contributed by atoms with Crippen molar-refractivity contribution in [2.45, 2.75) is 18.9 Å². The smallest absolute Gasteiger partial charge is 0.204 e. The molecule has 0 radical (unpaired) electrons. The zero-order chi connectivity index (χ0) is 13.2. The van der Waals surface area contributed by atoms with Crippen molar-refractivity contribution in [3.63, 3.8) is 0 Å². The normalized spacial score (nSPS) is 17.6. The van der Waals surface area contributed by atoms with E-state index in [9.17, 15) is 4.79 Å². The standard InChI is InChI=1S/C15H16N2O2/c16-13-10-17(7-5-14(13)18)9-11-6-8-19-15-4-2-1-3-12(11)15/h1-5,7,10-11H,6,8-9,16H2. The number of benzene rings is 1. The number of nitrogen functional groups attached to an aromatic ring is 1. The van der Waals surface area contributed by atoms with Crippen LogP contribution in [-0.4, -0.2) is 11.2 Å². The van der Waals surface area contributed by atoms with Gasteiger partial charge in [0, 0.05) is 30.9 Å². The van der Waals surface area contributed by atoms with Crippen molar-refractivity contribution in [2.75, 3.05) is 12.3 Å². The second-order valence-corrected chi connectivity index (χ2v) is 4.83. The fourth-order valence-corrected chi connectivity index (χ4v) is 2.52. The van der Waals surface area contributed by atoms with Gasteiger partial charge in [-0.25, -0.2) is 0 Å². The molecule has 1 atom stereocenters. The minimum absolute atomic E-state index is 0.122. The van der Waals surface area contributed by atoms with Crippen LogP contribution in [0.1, 0.15) is 17.9 Å². The van der Waals surface area contributed by atoms with Crippen molar-refractivity contribution in [3.8, 4) is 5.75 Å². The van der Waals surface area contributed by atoms with E-state index >= 15 is 0 Å². The van der Waals surface area contributed by atoms with E-state index < -0.39 is 0 Å². The molecular formula is C15H16N2O2. The molecule has 0 spiro atoms. The van der Waals surface area contributed by atoms with Crippen molar-refractivity contribution in [1.82, 2.24) is 4.57 Å². The summed E-state index contributed by atoms with van der Waals surface area (Å²) >= 11 is 0. The molecule has 0 saturated carbocycles. The lowest BCUT2D eigenvalue weighted by Gasteiger charge is -2.26. The predicted octanol–water partition coefficient (Wildman–Crippen LogP) is 2.00. The van der Waals surface area contributed by atoms with Crippen molar-refractivity contribution in [1.29, 1.82) is 0 Å². The van der Waals surface area contributed by atoms with Crippen LogP contribution in [-0.2, 0) is 6.54 Å². The van der Waals surface area contributed by atoms with Crippen LogP contribution in [0.5, 0.6) is 5.75 Å². The summed E-state index contributed by atoms with van der Waals surface area (Å²) in [5.41, 5.74) is 7.06. The molecule has 4 heteroatoms. The zero-order valence-electron chi connectivity index (χ0n) is 10.6. The van der Waals surface area contributed by atoms with E-state index in [1.54, 1.807) is 12.4 Å². The summed E-state index contributed by atoms with van der Waals surface area (Å²) in [5.74, 6) is 1.36. The Morgan fingerprint density at radius 1 is 1.32 bits per heavy atom. The molecular weight excluding hydrogens is 240 g/mol. The molecule has 1 aromatic carbocycles. The van der Waals surface area contributed by atoms with Gasteiger partial charge in [-0.05, 0) is 18.1 Å². The maximum absolute atomic E-state index is 11.3. The molecule has 0 aliphatic carbocycles. The summed E-state index contributed by atoms with van der Waals surface area (Å²) in [4.78, 5) is 11.3. The fourth-order valence-electron chi connectivity index (χ4n) is 2.52. The highest BCUT2D eigenvalue weighted by Gasteiger charge is 2.21. The van der Waals surface area contributed by atoms with Crippen molar-refractivity contribution < 1.29 is 4.74 Å². The van der Waals surface area contributed by atoms with Gasteiger partial charge in [0.05, 0.1) is 12.3 Å². The van der Waals surface area contributed by atoms with Crippen LogP contribution < -0.4 is 15.9 Å². The summed E-state index contributed by atoms with van der Waals surface area (Å²) < 4.78 is 7.63. The minimum atomic E-state index is -0.122. The van der Waals surface area contributed by atoms with Gasteiger partial charge in [-0.2, -0.15) is 0 Å². The Morgan fingerprint density at radius 3 is 3.00 bits per heavy atom. The Labute approximate surface area is 111 Å². The van der Waals surface area contributed by atoms with Gasteiger partial charge in [-0.3, -0.25) is 4.79 Å². The Balaban J connectivity index is 1.88. The van der Waals surface area contributed by atoms with Crippen LogP contribution in [0.2, 0.25) is 0 Å². The first-order valence-corrected chi connectivity index (χ1v) is 6.41. The maximum Gasteiger partial charge on any atom is 0.204 e. The Kier molecular flexibility index (Phi) is 2.99. The molecule has 19 heavy (non-hydrogen) atoms. The van der Waals surface area contributed by atoms with Crippen LogP contribution in [0.4, 0.5) is 5.69 Å². The largest absolute Gasteiger partial charge is 0.493 e. The van der Waals surface area contributed by atoms with E-state index in [2.05, 4.69) is 6.07 Å². The molecule has 1 unspecified atom stereocenters. The predicted molar refractivity (Wildman–Crippen MR) is 74.4 cm³/mol. The Bertz CT molecular complexity index is 649. The Morgan fingerprint density at radius 2 is 2.16 bits per heavy atom. The lowest BCUT2D eigenvalue weighted by molar-refractivity contribution is 0.259. The van der Waals surface area contributed by atoms with Crippen molar-refractivity contribution in [3.05, 3.63) is 58.5 Å². The zero-order valence-corrected chi connectivity index (χ0v) is 10.6. The number of pyridine rings is 1. The minimum Gasteiger partial charge on any atom is -0.493 e. The number of aromatic nitrogens is 1. The van der Waals surface area contributed by atoms with E-state index in [1.807, 2.05) is 22.8 Å². The molecule has 1 aliphatic rings. The number of anilines is 1. The van der Waals surface area contributed by atoms with Gasteiger partial charge in [-0.1, -0.05) is 18.2 Å². The number of hydrogen-bond acceptors (Lipinski definition) is 3. The first kappa shape index (κ1) is 11.8. The van der Waals surface area contributed by atoms with E-state index in [4.69, 9.17) is 10.5 Å². The first-order chi connectivity index (χ1) is 9.24. The summed E-state index contributed by atoms with van der Waals surface area (Å²) in [7, 11) is 0. The maximum atomic E-state index is 11.3.